The first-order valence-electron chi connectivity index (χ1n) is 17.4. The van der Waals surface area contributed by atoms with Gasteiger partial charge >= 0.3 is 0 Å². The van der Waals surface area contributed by atoms with Crippen molar-refractivity contribution < 1.29 is 34.1 Å². The van der Waals surface area contributed by atoms with E-state index in [1.165, 1.54) is 18.1 Å². The number of ether oxygens (including phenoxy) is 1. The average Bonchev–Trinajstić information content (AvgIpc) is 3.41. The van der Waals surface area contributed by atoms with Gasteiger partial charge < -0.3 is 14.9 Å². The van der Waals surface area contributed by atoms with Crippen molar-refractivity contribution in [2.24, 2.45) is 23.7 Å². The maximum absolute atomic E-state index is 15.1. The molecule has 6 atom stereocenters. The number of fused-ring (bicyclic) bond motifs is 4. The number of phenols is 2. The van der Waals surface area contributed by atoms with Gasteiger partial charge in [0, 0.05) is 29.5 Å². The number of rotatable bonds is 7. The third-order valence-electron chi connectivity index (χ3n) is 11.6. The molecule has 1 saturated heterocycles. The highest BCUT2D eigenvalue weighted by atomic mass is 16.5. The van der Waals surface area contributed by atoms with Gasteiger partial charge in [-0.1, -0.05) is 96.6 Å². The lowest BCUT2D eigenvalue weighted by atomic mass is 9.44. The van der Waals surface area contributed by atoms with E-state index < -0.39 is 35.0 Å². The van der Waals surface area contributed by atoms with Gasteiger partial charge in [-0.2, -0.15) is 0 Å². The average molecular weight is 680 g/mol. The molecule has 0 spiro atoms. The van der Waals surface area contributed by atoms with E-state index in [2.05, 4.69) is 0 Å². The van der Waals surface area contributed by atoms with E-state index in [1.54, 1.807) is 42.5 Å². The largest absolute Gasteiger partial charge is 0.508 e. The fourth-order valence-corrected chi connectivity index (χ4v) is 9.34. The molecule has 2 amide bonds. The molecule has 3 aliphatic carbocycles. The Labute approximate surface area is 295 Å². The van der Waals surface area contributed by atoms with Gasteiger partial charge in [0.05, 0.1) is 24.4 Å². The number of carbonyl (C=O) groups is 4. The molecule has 1 saturated carbocycles. The minimum absolute atomic E-state index is 0.134. The van der Waals surface area contributed by atoms with E-state index in [-0.39, 0.29) is 53.6 Å². The van der Waals surface area contributed by atoms with Gasteiger partial charge in [0.25, 0.3) is 0 Å². The number of para-hydroxylation sites is 1. The van der Waals surface area contributed by atoms with E-state index in [1.807, 2.05) is 66.7 Å². The second-order valence-electron chi connectivity index (χ2n) is 13.9. The number of aromatic hydroxyl groups is 2. The lowest BCUT2D eigenvalue weighted by Crippen LogP contribution is -2.58. The summed E-state index contributed by atoms with van der Waals surface area (Å²) in [5, 5.41) is 21.5. The van der Waals surface area contributed by atoms with Crippen molar-refractivity contribution in [1.29, 1.82) is 0 Å². The zero-order valence-electron chi connectivity index (χ0n) is 28.1. The van der Waals surface area contributed by atoms with E-state index >= 15 is 9.59 Å². The summed E-state index contributed by atoms with van der Waals surface area (Å²) < 4.78 is 5.54. The topological polar surface area (TPSA) is 121 Å². The highest BCUT2D eigenvalue weighted by Crippen LogP contribution is 2.64. The van der Waals surface area contributed by atoms with Gasteiger partial charge in [-0.3, -0.25) is 24.1 Å². The summed E-state index contributed by atoms with van der Waals surface area (Å²) in [5.74, 6) is -4.36. The number of hydrogen-bond donors (Lipinski definition) is 2. The highest BCUT2D eigenvalue weighted by Gasteiger charge is 2.66. The molecule has 256 valence electrons. The Hall–Kier alpha value is -5.76. The quantitative estimate of drug-likeness (QED) is 0.177. The Morgan fingerprint density at radius 1 is 0.804 bits per heavy atom. The van der Waals surface area contributed by atoms with Crippen molar-refractivity contribution >= 4 is 29.0 Å². The molecule has 4 aromatic carbocycles. The van der Waals surface area contributed by atoms with E-state index in [9.17, 15) is 19.8 Å². The Balaban J connectivity index is 1.30. The number of carbonyl (C=O) groups excluding carboxylic acids is 4. The predicted molar refractivity (Wildman–Crippen MR) is 190 cm³/mol. The first kappa shape index (κ1) is 32.4. The van der Waals surface area contributed by atoms with Crippen LogP contribution >= 0.6 is 0 Å². The van der Waals surface area contributed by atoms with Crippen molar-refractivity contribution in [3.05, 3.63) is 143 Å². The van der Waals surface area contributed by atoms with Crippen LogP contribution in [-0.2, 0) is 31.0 Å². The summed E-state index contributed by atoms with van der Waals surface area (Å²) in [7, 11) is 1.46. The first-order chi connectivity index (χ1) is 24.7. The normalized spacial score (nSPS) is 26.9. The van der Waals surface area contributed by atoms with E-state index in [0.29, 0.717) is 35.1 Å². The maximum Gasteiger partial charge on any atom is 0.233 e. The van der Waals surface area contributed by atoms with E-state index in [0.717, 1.165) is 11.1 Å². The van der Waals surface area contributed by atoms with Crippen molar-refractivity contribution in [3.63, 3.8) is 0 Å². The van der Waals surface area contributed by atoms with Gasteiger partial charge in [-0.05, 0) is 66.1 Å². The fourth-order valence-electron chi connectivity index (χ4n) is 9.34. The van der Waals surface area contributed by atoms with Gasteiger partial charge in [-0.25, -0.2) is 0 Å². The molecule has 2 N–H and O–H groups in total. The van der Waals surface area contributed by atoms with Crippen LogP contribution in [0.3, 0.4) is 0 Å². The van der Waals surface area contributed by atoms with Gasteiger partial charge in [0.1, 0.15) is 5.75 Å². The SMILES string of the molecule is COc1cccc([C@H]2C3=CC[C@@H]4C(=O)N(CCc5ccc(O)cc5)C(=O)[C@@H]4[C@@H]3C[C@H]3C(=O)C(c4ccccc4)=CC(=O)[C@@]23c2ccccc2)c1O. The Morgan fingerprint density at radius 2 is 1.51 bits per heavy atom. The van der Waals surface area contributed by atoms with Crippen molar-refractivity contribution in [2.75, 3.05) is 13.7 Å². The molecular formula is C43H37NO7. The molecule has 1 heterocycles. The number of nitrogens with zero attached hydrogens (tertiary/aromatic N) is 1. The molecule has 51 heavy (non-hydrogen) atoms. The van der Waals surface area contributed by atoms with Gasteiger partial charge in [0.15, 0.2) is 23.1 Å². The number of Topliss-reactive ketones (excluding diaryl/α,β-unsaturated/α-hetero) is 1. The Bertz CT molecular complexity index is 2120. The number of phenolic OH excluding ortho intramolecular Hbond substituents is 2. The van der Waals surface area contributed by atoms with E-state index in [4.69, 9.17) is 4.74 Å². The second kappa shape index (κ2) is 12.5. The molecule has 0 bridgehead atoms. The molecule has 4 aromatic rings. The number of imide groups is 1. The summed E-state index contributed by atoms with van der Waals surface area (Å²) in [6, 6.07) is 30.3. The number of likely N-dealkylation sites (tertiary alicyclic amines) is 1. The van der Waals surface area contributed by atoms with Crippen LogP contribution in [-0.4, -0.2) is 52.1 Å². The fraction of sp³-hybridized carbons (Fsp3) is 0.256. The molecule has 0 aromatic heterocycles. The lowest BCUT2D eigenvalue weighted by molar-refractivity contribution is -0.140. The summed E-state index contributed by atoms with van der Waals surface area (Å²) in [6.07, 6.45) is 4.36. The number of methoxy groups -OCH3 is 1. The maximum atomic E-state index is 15.1. The van der Waals surface area contributed by atoms with Crippen LogP contribution in [0, 0.1) is 23.7 Å². The number of ketones is 2. The molecule has 8 heteroatoms. The summed E-state index contributed by atoms with van der Waals surface area (Å²) in [4.78, 5) is 59.9. The predicted octanol–water partition coefficient (Wildman–Crippen LogP) is 6.17. The number of amides is 2. The first-order valence-corrected chi connectivity index (χ1v) is 17.4. The van der Waals surface area contributed by atoms with Crippen molar-refractivity contribution in [2.45, 2.75) is 30.6 Å². The molecule has 0 radical (unpaired) electrons. The van der Waals surface area contributed by atoms with Crippen LogP contribution in [0.15, 0.2) is 121 Å². The summed E-state index contributed by atoms with van der Waals surface area (Å²) >= 11 is 0. The minimum atomic E-state index is -1.44. The monoisotopic (exact) mass is 679 g/mol. The Morgan fingerprint density at radius 3 is 2.22 bits per heavy atom. The van der Waals surface area contributed by atoms with Crippen LogP contribution in [0.25, 0.3) is 5.57 Å². The van der Waals surface area contributed by atoms with Crippen LogP contribution in [0.5, 0.6) is 17.2 Å². The molecule has 8 nitrogen and oxygen atoms in total. The number of benzene rings is 4. The minimum Gasteiger partial charge on any atom is -0.508 e. The van der Waals surface area contributed by atoms with Crippen molar-refractivity contribution in [3.8, 4) is 17.2 Å². The number of hydrogen-bond acceptors (Lipinski definition) is 7. The Kier molecular flexibility index (Phi) is 7.97. The molecular weight excluding hydrogens is 642 g/mol. The van der Waals surface area contributed by atoms with Crippen LogP contribution < -0.4 is 4.74 Å². The highest BCUT2D eigenvalue weighted by molar-refractivity contribution is 6.31. The number of allylic oxidation sites excluding steroid dienone is 4. The molecule has 0 unspecified atom stereocenters. The van der Waals surface area contributed by atoms with Crippen LogP contribution in [0.2, 0.25) is 0 Å². The summed E-state index contributed by atoms with van der Waals surface area (Å²) in [6.45, 7) is 0.188. The second-order valence-corrected chi connectivity index (χ2v) is 13.9. The summed E-state index contributed by atoms with van der Waals surface area (Å²) in [5.41, 5.74) is 2.24. The molecule has 2 fully saturated rings. The van der Waals surface area contributed by atoms with Gasteiger partial charge in [-0.15, -0.1) is 0 Å². The molecule has 8 rings (SSSR count). The lowest BCUT2D eigenvalue weighted by Gasteiger charge is -2.55. The standard InChI is InChI=1S/C43H37NO7/c1-51-35-14-8-13-31(40(35)48)38-29-19-20-30-37(42(50)44(41(30)49)22-21-25-15-17-28(45)18-16-25)33(29)23-34-39(47)32(26-9-4-2-5-10-26)24-36(46)43(34,38)27-11-6-3-7-12-27/h2-19,24,30,33-34,37-38,45,48H,20-23H2,1H3/t30-,33+,34-,37-,38+,43-/m0/s1. The zero-order valence-corrected chi connectivity index (χ0v) is 28.1. The zero-order chi connectivity index (χ0) is 35.4. The smallest absolute Gasteiger partial charge is 0.233 e. The molecule has 1 aliphatic heterocycles. The third kappa shape index (κ3) is 4.95. The van der Waals surface area contributed by atoms with Crippen molar-refractivity contribution in [1.82, 2.24) is 4.90 Å². The third-order valence-corrected chi connectivity index (χ3v) is 11.6. The van der Waals surface area contributed by atoms with Gasteiger partial charge in [0.2, 0.25) is 11.8 Å². The van der Waals surface area contributed by atoms with Crippen LogP contribution in [0.4, 0.5) is 0 Å². The van der Waals surface area contributed by atoms with Crippen LogP contribution in [0.1, 0.15) is 41.0 Å². The molecule has 4 aliphatic rings.